The zero-order valence-corrected chi connectivity index (χ0v) is 12.0. The number of halogens is 1. The summed E-state index contributed by atoms with van der Waals surface area (Å²) in [7, 11) is -3.08. The van der Waals surface area contributed by atoms with Crippen molar-refractivity contribution in [2.24, 2.45) is 0 Å². The molecule has 5 heteroatoms. The summed E-state index contributed by atoms with van der Waals surface area (Å²) >= 11 is 5.56. The van der Waals surface area contributed by atoms with Crippen LogP contribution in [0.1, 0.15) is 40.5 Å². The van der Waals surface area contributed by atoms with Gasteiger partial charge in [0.1, 0.15) is 11.2 Å². The van der Waals surface area contributed by atoms with E-state index >= 15 is 0 Å². The number of rotatable bonds is 4. The van der Waals surface area contributed by atoms with E-state index in [2.05, 4.69) is 0 Å². The highest BCUT2D eigenvalue weighted by atomic mass is 35.5. The highest BCUT2D eigenvalue weighted by Gasteiger charge is 2.54. The van der Waals surface area contributed by atoms with Gasteiger partial charge in [-0.25, -0.2) is 0 Å². The fourth-order valence-corrected chi connectivity index (χ4v) is 3.77. The monoisotopic (exact) mass is 266 g/mol. The van der Waals surface area contributed by atoms with Gasteiger partial charge in [0, 0.05) is 11.7 Å². The minimum Gasteiger partial charge on any atom is -0.296 e. The van der Waals surface area contributed by atoms with Gasteiger partial charge in [-0.15, -0.1) is 11.6 Å². The number of hydrogen-bond donors (Lipinski definition) is 0. The van der Waals surface area contributed by atoms with Crippen LogP contribution in [0.3, 0.4) is 0 Å². The molecule has 1 aliphatic rings. The van der Waals surface area contributed by atoms with Crippen LogP contribution in [0.15, 0.2) is 11.9 Å². The first-order valence-electron chi connectivity index (χ1n) is 5.47. The van der Waals surface area contributed by atoms with Gasteiger partial charge in [0.2, 0.25) is 0 Å². The number of unbranched alkanes of at least 4 members (excludes halogenated alkanes) is 1. The molecule has 0 aromatic heterocycles. The van der Waals surface area contributed by atoms with Crippen LogP contribution in [0.5, 0.6) is 0 Å². The third kappa shape index (κ3) is 3.10. The van der Waals surface area contributed by atoms with E-state index in [4.69, 9.17) is 20.6 Å². The second kappa shape index (κ2) is 4.81. The fraction of sp³-hybridized carbons (Fsp3) is 0.818. The second-order valence-electron chi connectivity index (χ2n) is 4.96. The van der Waals surface area contributed by atoms with Crippen LogP contribution in [0.25, 0.3) is 0 Å². The van der Waals surface area contributed by atoms with Gasteiger partial charge in [-0.1, -0.05) is 6.08 Å². The van der Waals surface area contributed by atoms with Crippen molar-refractivity contribution < 1.29 is 13.6 Å². The van der Waals surface area contributed by atoms with Crippen LogP contribution in [0.4, 0.5) is 0 Å². The van der Waals surface area contributed by atoms with Gasteiger partial charge >= 0.3 is 7.60 Å². The Hall–Kier alpha value is 0.180. The van der Waals surface area contributed by atoms with E-state index in [1.54, 1.807) is 5.82 Å². The van der Waals surface area contributed by atoms with Crippen LogP contribution in [0, 0.1) is 0 Å². The Morgan fingerprint density at radius 2 is 1.69 bits per heavy atom. The highest BCUT2D eigenvalue weighted by Crippen LogP contribution is 2.64. The van der Waals surface area contributed by atoms with E-state index < -0.39 is 18.8 Å². The third-order valence-corrected chi connectivity index (χ3v) is 5.22. The van der Waals surface area contributed by atoms with Crippen LogP contribution in [0.2, 0.25) is 0 Å². The number of allylic oxidation sites excluding steroid dienone is 1. The molecule has 1 heterocycles. The lowest BCUT2D eigenvalue weighted by atomic mass is 9.90. The van der Waals surface area contributed by atoms with E-state index in [1.165, 1.54) is 0 Å². The summed E-state index contributed by atoms with van der Waals surface area (Å²) < 4.78 is 23.3. The van der Waals surface area contributed by atoms with E-state index in [0.717, 1.165) is 12.8 Å². The second-order valence-corrected chi connectivity index (χ2v) is 7.08. The van der Waals surface area contributed by atoms with Gasteiger partial charge in [0.25, 0.3) is 0 Å². The molecule has 0 atom stereocenters. The van der Waals surface area contributed by atoms with E-state index in [-0.39, 0.29) is 0 Å². The zero-order chi connectivity index (χ0) is 12.4. The molecule has 0 unspecified atom stereocenters. The van der Waals surface area contributed by atoms with Gasteiger partial charge in [0.05, 0.1) is 0 Å². The van der Waals surface area contributed by atoms with Crippen molar-refractivity contribution in [3.63, 3.8) is 0 Å². The van der Waals surface area contributed by atoms with Crippen LogP contribution < -0.4 is 0 Å². The Labute approximate surface area is 103 Å². The molecule has 3 nitrogen and oxygen atoms in total. The molecule has 1 saturated heterocycles. The first kappa shape index (κ1) is 14.2. The minimum atomic E-state index is -3.08. The first-order valence-corrected chi connectivity index (χ1v) is 7.62. The van der Waals surface area contributed by atoms with Crippen molar-refractivity contribution in [1.29, 1.82) is 0 Å². The van der Waals surface area contributed by atoms with Crippen molar-refractivity contribution in [3.8, 4) is 0 Å². The van der Waals surface area contributed by atoms with Crippen molar-refractivity contribution in [2.45, 2.75) is 51.7 Å². The van der Waals surface area contributed by atoms with Gasteiger partial charge in [0.15, 0.2) is 0 Å². The summed E-state index contributed by atoms with van der Waals surface area (Å²) in [6.45, 7) is 7.55. The molecule has 1 rings (SSSR count). The summed E-state index contributed by atoms with van der Waals surface area (Å²) in [5.41, 5.74) is -1.08. The summed E-state index contributed by atoms with van der Waals surface area (Å²) in [4.78, 5) is 0. The van der Waals surface area contributed by atoms with E-state index in [1.807, 2.05) is 33.8 Å². The molecule has 0 N–H and O–H groups in total. The summed E-state index contributed by atoms with van der Waals surface area (Å²) in [5.74, 6) is 2.16. The summed E-state index contributed by atoms with van der Waals surface area (Å²) in [6.07, 6.45) is 3.48. The summed E-state index contributed by atoms with van der Waals surface area (Å²) in [6, 6.07) is 0. The number of alkyl halides is 1. The van der Waals surface area contributed by atoms with Gasteiger partial charge < -0.3 is 0 Å². The molecule has 0 saturated carbocycles. The molecule has 0 aromatic rings. The largest absolute Gasteiger partial charge is 0.355 e. The maximum Gasteiger partial charge on any atom is 0.355 e. The van der Waals surface area contributed by atoms with E-state index in [0.29, 0.717) is 5.88 Å². The Morgan fingerprint density at radius 3 is 2.12 bits per heavy atom. The predicted molar refractivity (Wildman–Crippen MR) is 67.0 cm³/mol. The van der Waals surface area contributed by atoms with Crippen LogP contribution in [-0.4, -0.2) is 17.1 Å². The molecule has 0 aliphatic carbocycles. The normalized spacial score (nSPS) is 26.3. The van der Waals surface area contributed by atoms with Gasteiger partial charge in [-0.05, 0) is 40.5 Å². The quantitative estimate of drug-likeness (QED) is 0.432. The Bertz CT molecular complexity index is 303. The molecule has 1 aliphatic heterocycles. The zero-order valence-electron chi connectivity index (χ0n) is 10.3. The maximum absolute atomic E-state index is 12.2. The first-order chi connectivity index (χ1) is 7.22. The standard InChI is InChI=1S/C11H20ClO3P/c1-10(2)11(3,4)15-16(13,14-10)9-7-5-6-8-12/h7,9H,5-6,8H2,1-4H3/b9-7+. The molecule has 0 bridgehead atoms. The topological polar surface area (TPSA) is 35.5 Å². The average molecular weight is 267 g/mol. The molecule has 94 valence electrons. The summed E-state index contributed by atoms with van der Waals surface area (Å²) in [5, 5.41) is 0. The maximum atomic E-state index is 12.2. The Kier molecular flexibility index (Phi) is 4.29. The van der Waals surface area contributed by atoms with Gasteiger partial charge in [-0.3, -0.25) is 13.6 Å². The van der Waals surface area contributed by atoms with Crippen molar-refractivity contribution in [1.82, 2.24) is 0 Å². The number of hydrogen-bond acceptors (Lipinski definition) is 3. The average Bonchev–Trinajstić information content (AvgIpc) is 2.26. The van der Waals surface area contributed by atoms with Crippen LogP contribution >= 0.6 is 19.2 Å². The molecule has 1 fully saturated rings. The van der Waals surface area contributed by atoms with Crippen LogP contribution in [-0.2, 0) is 13.6 Å². The molecule has 0 spiro atoms. The van der Waals surface area contributed by atoms with Crippen molar-refractivity contribution in [3.05, 3.63) is 11.9 Å². The minimum absolute atomic E-state index is 0.542. The fourth-order valence-electron chi connectivity index (χ4n) is 1.33. The molecule has 0 amide bonds. The Morgan fingerprint density at radius 1 is 1.19 bits per heavy atom. The van der Waals surface area contributed by atoms with Crippen molar-refractivity contribution >= 4 is 19.2 Å². The third-order valence-electron chi connectivity index (χ3n) is 2.95. The smallest absolute Gasteiger partial charge is 0.296 e. The Balaban J connectivity index is 2.69. The van der Waals surface area contributed by atoms with Crippen molar-refractivity contribution in [2.75, 3.05) is 5.88 Å². The van der Waals surface area contributed by atoms with E-state index in [9.17, 15) is 4.57 Å². The highest BCUT2D eigenvalue weighted by molar-refractivity contribution is 7.57. The lowest BCUT2D eigenvalue weighted by Gasteiger charge is -2.29. The SMILES string of the molecule is CC1(C)OP(=O)(/C=C/CCCCl)OC1(C)C. The lowest BCUT2D eigenvalue weighted by Crippen LogP contribution is -2.41. The molecular weight excluding hydrogens is 247 g/mol. The molecule has 0 radical (unpaired) electrons. The predicted octanol–water partition coefficient (Wildman–Crippen LogP) is 4.32. The lowest BCUT2D eigenvalue weighted by molar-refractivity contribution is 0.00578. The molecule has 0 aromatic carbocycles. The molecular formula is C11H20ClO3P. The molecule has 16 heavy (non-hydrogen) atoms. The van der Waals surface area contributed by atoms with Gasteiger partial charge in [-0.2, -0.15) is 0 Å².